The molecule has 3 amide bonds. The molecule has 0 bridgehead atoms. The highest BCUT2D eigenvalue weighted by Crippen LogP contribution is 2.38. The number of thioether (sulfide) groups is 1. The Labute approximate surface area is 162 Å². The molecule has 0 saturated carbocycles. The second kappa shape index (κ2) is 7.93. The molecular formula is C18H26N4O4S. The number of aromatic nitrogens is 1. The Morgan fingerprint density at radius 2 is 2.22 bits per heavy atom. The number of nitrogens with one attached hydrogen (secondary N) is 2. The molecule has 2 aliphatic rings. The first-order valence-corrected chi connectivity index (χ1v) is 10.4. The molecule has 3 heterocycles. The van der Waals surface area contributed by atoms with Crippen LogP contribution in [0, 0.1) is 0 Å². The minimum atomic E-state index is -0.605. The van der Waals surface area contributed by atoms with Crippen LogP contribution in [0.15, 0.2) is 12.3 Å². The first kappa shape index (κ1) is 19.8. The van der Waals surface area contributed by atoms with Gasteiger partial charge in [0.15, 0.2) is 0 Å². The van der Waals surface area contributed by atoms with E-state index >= 15 is 0 Å². The molecule has 1 aromatic rings. The van der Waals surface area contributed by atoms with Crippen LogP contribution in [0.1, 0.15) is 47.0 Å². The number of rotatable bonds is 7. The molecule has 27 heavy (non-hydrogen) atoms. The SMILES string of the molecule is CSC(C)CC(=O)N1CC2(CCC(CNC(=O)c3c[nH]c(C(N)=O)c3)O2)C1. The number of aromatic amines is 1. The summed E-state index contributed by atoms with van der Waals surface area (Å²) in [5, 5.41) is 3.15. The Morgan fingerprint density at radius 3 is 2.85 bits per heavy atom. The summed E-state index contributed by atoms with van der Waals surface area (Å²) in [5.74, 6) is -0.702. The molecule has 0 radical (unpaired) electrons. The summed E-state index contributed by atoms with van der Waals surface area (Å²) in [4.78, 5) is 40.0. The molecular weight excluding hydrogens is 368 g/mol. The summed E-state index contributed by atoms with van der Waals surface area (Å²) < 4.78 is 6.13. The third kappa shape index (κ3) is 4.47. The molecule has 2 fully saturated rings. The van der Waals surface area contributed by atoms with Crippen molar-refractivity contribution in [2.75, 3.05) is 25.9 Å². The van der Waals surface area contributed by atoms with Crippen LogP contribution in [0.5, 0.6) is 0 Å². The first-order chi connectivity index (χ1) is 12.8. The van der Waals surface area contributed by atoms with E-state index in [-0.39, 0.29) is 29.2 Å². The topological polar surface area (TPSA) is 118 Å². The van der Waals surface area contributed by atoms with Gasteiger partial charge in [-0.1, -0.05) is 6.92 Å². The van der Waals surface area contributed by atoms with Gasteiger partial charge in [-0.05, 0) is 25.2 Å². The van der Waals surface area contributed by atoms with Crippen LogP contribution in [0.25, 0.3) is 0 Å². The van der Waals surface area contributed by atoms with Gasteiger partial charge in [0, 0.05) is 24.4 Å². The fourth-order valence-electron chi connectivity index (χ4n) is 3.53. The molecule has 0 aromatic carbocycles. The first-order valence-electron chi connectivity index (χ1n) is 9.07. The highest BCUT2D eigenvalue weighted by atomic mass is 32.2. The van der Waals surface area contributed by atoms with Gasteiger partial charge in [0.05, 0.1) is 24.8 Å². The number of carbonyl (C=O) groups is 3. The Kier molecular flexibility index (Phi) is 5.81. The van der Waals surface area contributed by atoms with Crippen molar-refractivity contribution in [1.82, 2.24) is 15.2 Å². The number of hydrogen-bond acceptors (Lipinski definition) is 5. The largest absolute Gasteiger partial charge is 0.366 e. The number of H-pyrrole nitrogens is 1. The van der Waals surface area contributed by atoms with E-state index in [4.69, 9.17) is 10.5 Å². The monoisotopic (exact) mass is 394 g/mol. The second-order valence-corrected chi connectivity index (χ2v) is 8.61. The molecule has 1 spiro atoms. The van der Waals surface area contributed by atoms with Crippen molar-refractivity contribution in [1.29, 1.82) is 0 Å². The summed E-state index contributed by atoms with van der Waals surface area (Å²) in [6.45, 7) is 3.73. The molecule has 3 rings (SSSR count). The molecule has 4 N–H and O–H groups in total. The molecule has 9 heteroatoms. The van der Waals surface area contributed by atoms with Crippen molar-refractivity contribution >= 4 is 29.5 Å². The average molecular weight is 394 g/mol. The fourth-order valence-corrected chi connectivity index (χ4v) is 3.84. The average Bonchev–Trinajstić information content (AvgIpc) is 3.25. The number of hydrogen-bond donors (Lipinski definition) is 3. The zero-order chi connectivity index (χ0) is 19.6. The van der Waals surface area contributed by atoms with Gasteiger partial charge in [-0.25, -0.2) is 0 Å². The van der Waals surface area contributed by atoms with E-state index in [1.807, 2.05) is 11.2 Å². The lowest BCUT2D eigenvalue weighted by Crippen LogP contribution is -2.63. The van der Waals surface area contributed by atoms with Crippen LogP contribution >= 0.6 is 11.8 Å². The van der Waals surface area contributed by atoms with Gasteiger partial charge in [-0.15, -0.1) is 0 Å². The Hall–Kier alpha value is -2.00. The second-order valence-electron chi connectivity index (χ2n) is 7.34. The predicted molar refractivity (Wildman–Crippen MR) is 103 cm³/mol. The lowest BCUT2D eigenvalue weighted by Gasteiger charge is -2.47. The summed E-state index contributed by atoms with van der Waals surface area (Å²) in [6, 6.07) is 1.43. The lowest BCUT2D eigenvalue weighted by molar-refractivity contribution is -0.164. The van der Waals surface area contributed by atoms with Gasteiger partial charge in [0.2, 0.25) is 5.91 Å². The number of primary amides is 1. The molecule has 2 saturated heterocycles. The van der Waals surface area contributed by atoms with Crippen molar-refractivity contribution in [2.24, 2.45) is 5.73 Å². The minimum absolute atomic E-state index is 0.0640. The normalized spacial score (nSPS) is 21.7. The van der Waals surface area contributed by atoms with E-state index in [1.54, 1.807) is 11.8 Å². The number of nitrogens with zero attached hydrogens (tertiary/aromatic N) is 1. The summed E-state index contributed by atoms with van der Waals surface area (Å²) >= 11 is 1.69. The van der Waals surface area contributed by atoms with Crippen molar-refractivity contribution in [3.8, 4) is 0 Å². The number of carbonyl (C=O) groups excluding carboxylic acids is 3. The highest BCUT2D eigenvalue weighted by molar-refractivity contribution is 7.99. The Balaban J connectivity index is 1.42. The Bertz CT molecular complexity index is 729. The van der Waals surface area contributed by atoms with E-state index in [9.17, 15) is 14.4 Å². The van der Waals surface area contributed by atoms with Crippen LogP contribution in [0.3, 0.4) is 0 Å². The van der Waals surface area contributed by atoms with Crippen molar-refractivity contribution in [3.63, 3.8) is 0 Å². The lowest BCUT2D eigenvalue weighted by atomic mass is 9.90. The third-order valence-corrected chi connectivity index (χ3v) is 6.19. The van der Waals surface area contributed by atoms with Crippen molar-refractivity contribution in [2.45, 2.75) is 43.1 Å². The van der Waals surface area contributed by atoms with Crippen LogP contribution < -0.4 is 11.1 Å². The smallest absolute Gasteiger partial charge is 0.265 e. The van der Waals surface area contributed by atoms with Crippen LogP contribution in [0.2, 0.25) is 0 Å². The predicted octanol–water partition coefficient (Wildman–Crippen LogP) is 0.745. The minimum Gasteiger partial charge on any atom is -0.366 e. The van der Waals surface area contributed by atoms with Crippen molar-refractivity contribution < 1.29 is 19.1 Å². The zero-order valence-electron chi connectivity index (χ0n) is 15.6. The quantitative estimate of drug-likeness (QED) is 0.631. The molecule has 2 atom stereocenters. The third-order valence-electron chi connectivity index (χ3n) is 5.21. The number of nitrogens with two attached hydrogens (primary N) is 1. The van der Waals surface area contributed by atoms with E-state index in [1.165, 1.54) is 12.3 Å². The summed E-state index contributed by atoms with van der Waals surface area (Å²) in [5.41, 5.74) is 5.48. The highest BCUT2D eigenvalue weighted by Gasteiger charge is 2.50. The molecule has 1 aromatic heterocycles. The number of likely N-dealkylation sites (tertiary alicyclic amines) is 1. The van der Waals surface area contributed by atoms with Gasteiger partial charge < -0.3 is 25.7 Å². The maximum atomic E-state index is 12.2. The van der Waals surface area contributed by atoms with Crippen molar-refractivity contribution in [3.05, 3.63) is 23.5 Å². The van der Waals surface area contributed by atoms with Gasteiger partial charge in [0.25, 0.3) is 11.8 Å². The zero-order valence-corrected chi connectivity index (χ0v) is 16.4. The van der Waals surface area contributed by atoms with E-state index in [0.717, 1.165) is 12.8 Å². The van der Waals surface area contributed by atoms with E-state index in [0.29, 0.717) is 36.9 Å². The fraction of sp³-hybridized carbons (Fsp3) is 0.611. The molecule has 2 unspecified atom stereocenters. The summed E-state index contributed by atoms with van der Waals surface area (Å²) in [6.07, 6.45) is 5.70. The summed E-state index contributed by atoms with van der Waals surface area (Å²) in [7, 11) is 0. The van der Waals surface area contributed by atoms with Gasteiger partial charge >= 0.3 is 0 Å². The van der Waals surface area contributed by atoms with Crippen LogP contribution in [-0.2, 0) is 9.53 Å². The Morgan fingerprint density at radius 1 is 1.48 bits per heavy atom. The molecule has 2 aliphatic heterocycles. The standard InChI is InChI=1S/C18H26N4O4S/c1-11(27-2)5-15(23)22-9-18(10-22)4-3-13(26-18)8-21-17(25)12-6-14(16(19)24)20-7-12/h6-7,11,13,20H,3-5,8-10H2,1-2H3,(H2,19,24)(H,21,25). The number of amides is 3. The molecule has 148 valence electrons. The molecule has 8 nitrogen and oxygen atoms in total. The maximum absolute atomic E-state index is 12.2. The van der Waals surface area contributed by atoms with E-state index < -0.39 is 5.91 Å². The molecule has 0 aliphatic carbocycles. The number of ether oxygens (including phenoxy) is 1. The van der Waals surface area contributed by atoms with Gasteiger partial charge in [-0.3, -0.25) is 14.4 Å². The van der Waals surface area contributed by atoms with Gasteiger partial charge in [-0.2, -0.15) is 11.8 Å². The van der Waals surface area contributed by atoms with Crippen LogP contribution in [0.4, 0.5) is 0 Å². The van der Waals surface area contributed by atoms with Crippen LogP contribution in [-0.4, -0.2) is 70.5 Å². The van der Waals surface area contributed by atoms with Gasteiger partial charge in [0.1, 0.15) is 11.3 Å². The van der Waals surface area contributed by atoms with E-state index in [2.05, 4.69) is 17.2 Å². The maximum Gasteiger partial charge on any atom is 0.265 e.